The molecule has 1 heterocycles. The Morgan fingerprint density at radius 3 is 2.62 bits per heavy atom. The first-order valence-electron chi connectivity index (χ1n) is 8.75. The first-order valence-corrected chi connectivity index (χ1v) is 10.1. The van der Waals surface area contributed by atoms with Crippen LogP contribution in [0, 0.1) is 11.3 Å². The summed E-state index contributed by atoms with van der Waals surface area (Å²) in [5, 5.41) is 13.7. The molecule has 1 saturated carbocycles. The largest absolute Gasteiger partial charge is 0.353 e. The van der Waals surface area contributed by atoms with Gasteiger partial charge in [0.15, 0.2) is 0 Å². The molecule has 1 aliphatic carbocycles. The van der Waals surface area contributed by atoms with E-state index in [1.54, 1.807) is 18.2 Å². The summed E-state index contributed by atoms with van der Waals surface area (Å²) < 4.78 is 0. The van der Waals surface area contributed by atoms with Crippen molar-refractivity contribution in [3.63, 3.8) is 0 Å². The van der Waals surface area contributed by atoms with E-state index in [0.717, 1.165) is 24.1 Å². The average molecular weight is 386 g/mol. The molecule has 0 bridgehead atoms. The zero-order chi connectivity index (χ0) is 18.4. The fraction of sp³-hybridized carbons (Fsp3) is 0.350. The summed E-state index contributed by atoms with van der Waals surface area (Å²) in [7, 11) is 0. The Kier molecular flexibility index (Phi) is 6.54. The molecule has 4 nitrogen and oxygen atoms in total. The van der Waals surface area contributed by atoms with Crippen LogP contribution in [0.5, 0.6) is 0 Å². The summed E-state index contributed by atoms with van der Waals surface area (Å²) >= 11 is 7.24. The molecule has 134 valence electrons. The Balaban J connectivity index is 1.67. The maximum atomic E-state index is 12.2. The Bertz CT molecular complexity index is 811. The Morgan fingerprint density at radius 2 is 1.92 bits per heavy atom. The van der Waals surface area contributed by atoms with Crippen LogP contribution in [0.15, 0.2) is 41.4 Å². The van der Waals surface area contributed by atoms with Gasteiger partial charge in [0.2, 0.25) is 5.91 Å². The van der Waals surface area contributed by atoms with Crippen molar-refractivity contribution < 1.29 is 4.79 Å². The van der Waals surface area contributed by atoms with Crippen LogP contribution in [0.1, 0.15) is 37.7 Å². The van der Waals surface area contributed by atoms with Gasteiger partial charge in [-0.2, -0.15) is 5.26 Å². The Labute approximate surface area is 163 Å². The van der Waals surface area contributed by atoms with Crippen molar-refractivity contribution >= 4 is 29.3 Å². The number of halogens is 1. The van der Waals surface area contributed by atoms with Crippen LogP contribution in [-0.4, -0.2) is 22.7 Å². The highest BCUT2D eigenvalue weighted by Gasteiger charge is 2.16. The number of carbonyl (C=O) groups is 1. The van der Waals surface area contributed by atoms with Gasteiger partial charge in [0.05, 0.1) is 17.0 Å². The van der Waals surface area contributed by atoms with Crippen molar-refractivity contribution in [2.45, 2.75) is 43.2 Å². The maximum Gasteiger partial charge on any atom is 0.230 e. The molecular weight excluding hydrogens is 366 g/mol. The monoisotopic (exact) mass is 385 g/mol. The van der Waals surface area contributed by atoms with E-state index in [2.05, 4.69) is 16.4 Å². The minimum atomic E-state index is 0.00415. The van der Waals surface area contributed by atoms with Crippen molar-refractivity contribution in [3.8, 4) is 17.3 Å². The standard InChI is InChI=1S/C20H20ClN3OS/c21-16-9-6-14(7-10-16)18-11-8-15(12-22)20(24-18)26-13-19(25)23-17-4-2-1-3-5-17/h6-11,17H,1-5,13H2,(H,23,25). The van der Waals surface area contributed by atoms with E-state index in [9.17, 15) is 10.1 Å². The van der Waals surface area contributed by atoms with Crippen LogP contribution in [0.2, 0.25) is 5.02 Å². The molecule has 0 radical (unpaired) electrons. The van der Waals surface area contributed by atoms with Crippen LogP contribution >= 0.6 is 23.4 Å². The zero-order valence-corrected chi connectivity index (χ0v) is 15.9. The smallest absolute Gasteiger partial charge is 0.230 e. The quantitative estimate of drug-likeness (QED) is 0.749. The fourth-order valence-electron chi connectivity index (χ4n) is 3.07. The van der Waals surface area contributed by atoms with E-state index in [1.807, 2.05) is 18.2 Å². The van der Waals surface area contributed by atoms with E-state index in [1.165, 1.54) is 31.0 Å². The van der Waals surface area contributed by atoms with Gasteiger partial charge in [0, 0.05) is 16.6 Å². The SMILES string of the molecule is N#Cc1ccc(-c2ccc(Cl)cc2)nc1SCC(=O)NC1CCCCC1. The Hall–Kier alpha value is -2.03. The highest BCUT2D eigenvalue weighted by molar-refractivity contribution is 8.00. The second-order valence-electron chi connectivity index (χ2n) is 6.36. The molecule has 0 spiro atoms. The molecule has 1 aliphatic rings. The second-order valence-corrected chi connectivity index (χ2v) is 7.76. The van der Waals surface area contributed by atoms with Gasteiger partial charge in [-0.25, -0.2) is 4.98 Å². The molecular formula is C20H20ClN3OS. The summed E-state index contributed by atoms with van der Waals surface area (Å²) in [5.74, 6) is 0.270. The third kappa shape index (κ3) is 5.00. The molecule has 26 heavy (non-hydrogen) atoms. The van der Waals surface area contributed by atoms with Gasteiger partial charge in [-0.3, -0.25) is 4.79 Å². The number of carbonyl (C=O) groups excluding carboxylic acids is 1. The number of nitrogens with zero attached hydrogens (tertiary/aromatic N) is 2. The second kappa shape index (κ2) is 9.07. The van der Waals surface area contributed by atoms with Gasteiger partial charge in [0.1, 0.15) is 11.1 Å². The van der Waals surface area contributed by atoms with E-state index in [0.29, 0.717) is 21.7 Å². The van der Waals surface area contributed by atoms with Crippen molar-refractivity contribution in [1.82, 2.24) is 10.3 Å². The van der Waals surface area contributed by atoms with Gasteiger partial charge < -0.3 is 5.32 Å². The van der Waals surface area contributed by atoms with Gasteiger partial charge in [-0.05, 0) is 37.1 Å². The summed E-state index contributed by atoms with van der Waals surface area (Å²) in [4.78, 5) is 16.8. The van der Waals surface area contributed by atoms with Gasteiger partial charge in [-0.1, -0.05) is 54.8 Å². The van der Waals surface area contributed by atoms with Gasteiger partial charge >= 0.3 is 0 Å². The molecule has 3 rings (SSSR count). The first kappa shape index (κ1) is 18.8. The lowest BCUT2D eigenvalue weighted by Crippen LogP contribution is -2.37. The van der Waals surface area contributed by atoms with Gasteiger partial charge in [0.25, 0.3) is 0 Å². The predicted octanol–water partition coefficient (Wildman–Crippen LogP) is 4.81. The molecule has 2 aromatic rings. The summed E-state index contributed by atoms with van der Waals surface area (Å²) in [5.41, 5.74) is 2.17. The summed E-state index contributed by atoms with van der Waals surface area (Å²) in [6.45, 7) is 0. The third-order valence-corrected chi connectivity index (χ3v) is 5.67. The van der Waals surface area contributed by atoms with E-state index < -0.39 is 0 Å². The molecule has 1 fully saturated rings. The first-order chi connectivity index (χ1) is 12.7. The summed E-state index contributed by atoms with van der Waals surface area (Å²) in [6.07, 6.45) is 5.74. The highest BCUT2D eigenvalue weighted by atomic mass is 35.5. The van der Waals surface area contributed by atoms with Crippen LogP contribution in [0.4, 0.5) is 0 Å². The van der Waals surface area contributed by atoms with Crippen LogP contribution in [0.25, 0.3) is 11.3 Å². The summed E-state index contributed by atoms with van der Waals surface area (Å²) in [6, 6.07) is 13.4. The molecule has 0 saturated heterocycles. The number of amides is 1. The molecule has 1 N–H and O–H groups in total. The molecule has 6 heteroatoms. The third-order valence-electron chi connectivity index (χ3n) is 4.43. The van der Waals surface area contributed by atoms with Crippen molar-refractivity contribution in [3.05, 3.63) is 47.0 Å². The number of hydrogen-bond donors (Lipinski definition) is 1. The number of hydrogen-bond acceptors (Lipinski definition) is 4. The number of nitriles is 1. The minimum Gasteiger partial charge on any atom is -0.353 e. The number of benzene rings is 1. The van der Waals surface area contributed by atoms with Crippen LogP contribution in [0.3, 0.4) is 0 Å². The van der Waals surface area contributed by atoms with Crippen molar-refractivity contribution in [2.24, 2.45) is 0 Å². The maximum absolute atomic E-state index is 12.2. The van der Waals surface area contributed by atoms with E-state index in [4.69, 9.17) is 11.6 Å². The lowest BCUT2D eigenvalue weighted by molar-refractivity contribution is -0.119. The molecule has 0 unspecified atom stereocenters. The predicted molar refractivity (Wildman–Crippen MR) is 105 cm³/mol. The van der Waals surface area contributed by atoms with E-state index >= 15 is 0 Å². The number of rotatable bonds is 5. The number of pyridine rings is 1. The molecule has 0 atom stereocenters. The minimum absolute atomic E-state index is 0.00415. The van der Waals surface area contributed by atoms with Crippen LogP contribution in [-0.2, 0) is 4.79 Å². The van der Waals surface area contributed by atoms with Crippen molar-refractivity contribution in [2.75, 3.05) is 5.75 Å². The van der Waals surface area contributed by atoms with E-state index in [-0.39, 0.29) is 11.7 Å². The topological polar surface area (TPSA) is 65.8 Å². The molecule has 1 aromatic carbocycles. The highest BCUT2D eigenvalue weighted by Crippen LogP contribution is 2.26. The molecule has 1 amide bonds. The van der Waals surface area contributed by atoms with Crippen LogP contribution < -0.4 is 5.32 Å². The molecule has 1 aromatic heterocycles. The lowest BCUT2D eigenvalue weighted by Gasteiger charge is -2.22. The number of nitrogens with one attached hydrogen (secondary N) is 1. The number of aromatic nitrogens is 1. The average Bonchev–Trinajstić information content (AvgIpc) is 2.67. The van der Waals surface area contributed by atoms with Crippen molar-refractivity contribution in [1.29, 1.82) is 5.26 Å². The molecule has 0 aliphatic heterocycles. The Morgan fingerprint density at radius 1 is 1.19 bits per heavy atom. The van der Waals surface area contributed by atoms with Gasteiger partial charge in [-0.15, -0.1) is 0 Å². The lowest BCUT2D eigenvalue weighted by atomic mass is 9.95. The number of thioether (sulfide) groups is 1. The fourth-order valence-corrected chi connectivity index (χ4v) is 3.98. The zero-order valence-electron chi connectivity index (χ0n) is 14.4. The normalized spacial score (nSPS) is 14.6.